The van der Waals surface area contributed by atoms with E-state index < -0.39 is 0 Å². The third-order valence-electron chi connectivity index (χ3n) is 6.93. The van der Waals surface area contributed by atoms with E-state index >= 15 is 0 Å². The van der Waals surface area contributed by atoms with Crippen molar-refractivity contribution in [3.05, 3.63) is 35.4 Å². The number of likely N-dealkylation sites (tertiary alicyclic amines) is 2. The summed E-state index contributed by atoms with van der Waals surface area (Å²) in [6, 6.07) is 9.71. The van der Waals surface area contributed by atoms with Gasteiger partial charge in [0.05, 0.1) is 39.3 Å². The van der Waals surface area contributed by atoms with E-state index in [0.717, 1.165) is 0 Å². The Labute approximate surface area is 182 Å². The maximum Gasteiger partial charge on any atom is 0.104 e. The van der Waals surface area contributed by atoms with Gasteiger partial charge in [-0.05, 0) is 52.4 Å². The average molecular weight is 490 g/mol. The second kappa shape index (κ2) is 11.2. The molecular formula is C22H38Br2N2. The summed E-state index contributed by atoms with van der Waals surface area (Å²) in [6.45, 7) is 15.4. The first-order chi connectivity index (χ1) is 11.7. The molecule has 0 spiro atoms. The smallest absolute Gasteiger partial charge is 0.104 e. The summed E-state index contributed by atoms with van der Waals surface area (Å²) < 4.78 is 2.63. The fourth-order valence-corrected chi connectivity index (χ4v) is 5.06. The summed E-state index contributed by atoms with van der Waals surface area (Å²) in [5.41, 5.74) is 3.09. The molecule has 2 saturated heterocycles. The molecule has 2 nitrogen and oxygen atoms in total. The van der Waals surface area contributed by atoms with Gasteiger partial charge < -0.3 is 42.9 Å². The van der Waals surface area contributed by atoms with E-state index in [9.17, 15) is 0 Å². The number of nitrogens with zero attached hydrogens (tertiary/aromatic N) is 2. The molecule has 3 rings (SSSR count). The average Bonchev–Trinajstić information content (AvgIpc) is 2.65. The highest BCUT2D eigenvalue weighted by Crippen LogP contribution is 2.25. The Morgan fingerprint density at radius 2 is 0.885 bits per heavy atom. The Bertz CT molecular complexity index is 456. The van der Waals surface area contributed by atoms with Crippen molar-refractivity contribution in [3.8, 4) is 0 Å². The van der Waals surface area contributed by atoms with Gasteiger partial charge in [-0.2, -0.15) is 0 Å². The van der Waals surface area contributed by atoms with Gasteiger partial charge in [-0.15, -0.1) is 0 Å². The molecule has 0 atom stereocenters. The second-order valence-electron chi connectivity index (χ2n) is 8.46. The van der Waals surface area contributed by atoms with E-state index in [-0.39, 0.29) is 34.0 Å². The number of rotatable bonds is 6. The van der Waals surface area contributed by atoms with Gasteiger partial charge in [-0.3, -0.25) is 0 Å². The zero-order chi connectivity index (χ0) is 16.9. The number of hydrogen-bond acceptors (Lipinski definition) is 0. The van der Waals surface area contributed by atoms with Crippen molar-refractivity contribution in [3.63, 3.8) is 0 Å². The van der Waals surface area contributed by atoms with E-state index in [1.165, 1.54) is 99.8 Å². The molecule has 4 heteroatoms. The molecular weight excluding hydrogens is 452 g/mol. The fourth-order valence-electron chi connectivity index (χ4n) is 5.06. The predicted octanol–water partition coefficient (Wildman–Crippen LogP) is -1.26. The van der Waals surface area contributed by atoms with Crippen molar-refractivity contribution in [2.75, 3.05) is 39.3 Å². The molecule has 0 bridgehead atoms. The van der Waals surface area contributed by atoms with Crippen molar-refractivity contribution >= 4 is 0 Å². The zero-order valence-electron chi connectivity index (χ0n) is 16.9. The molecule has 2 heterocycles. The van der Waals surface area contributed by atoms with Crippen LogP contribution in [0, 0.1) is 0 Å². The molecule has 0 radical (unpaired) electrons. The van der Waals surface area contributed by atoms with Crippen molar-refractivity contribution in [2.24, 2.45) is 0 Å². The molecule has 0 saturated carbocycles. The number of hydrogen-bond donors (Lipinski definition) is 0. The highest BCUT2D eigenvalue weighted by atomic mass is 79.9. The number of quaternary nitrogens is 2. The van der Waals surface area contributed by atoms with E-state index in [2.05, 4.69) is 38.1 Å². The second-order valence-corrected chi connectivity index (χ2v) is 8.46. The van der Waals surface area contributed by atoms with Crippen molar-refractivity contribution < 1.29 is 42.9 Å². The monoisotopic (exact) mass is 488 g/mol. The Hall–Kier alpha value is 0.1000. The molecule has 0 amide bonds. The standard InChI is InChI=1S/C22H38N2.2BrH/c1-3-23(15-7-5-8-16-23)19-21-11-13-22(14-12-21)20-24(4-2)17-9-6-10-18-24;;/h11-14H,3-10,15-20H2,1-2H3;2*1H/q+2;;/p-2. The summed E-state index contributed by atoms with van der Waals surface area (Å²) in [6.07, 6.45) is 8.56. The largest absolute Gasteiger partial charge is 1.00 e. The van der Waals surface area contributed by atoms with Crippen molar-refractivity contribution in [2.45, 2.75) is 65.5 Å². The van der Waals surface area contributed by atoms with Gasteiger partial charge in [0.25, 0.3) is 0 Å². The van der Waals surface area contributed by atoms with Crippen LogP contribution in [0.4, 0.5) is 0 Å². The summed E-state index contributed by atoms with van der Waals surface area (Å²) in [4.78, 5) is 0. The lowest BCUT2D eigenvalue weighted by Crippen LogP contribution is -3.00. The van der Waals surface area contributed by atoms with Crippen LogP contribution >= 0.6 is 0 Å². The van der Waals surface area contributed by atoms with Crippen LogP contribution in [0.15, 0.2) is 24.3 Å². The van der Waals surface area contributed by atoms with E-state index in [1.54, 1.807) is 11.1 Å². The molecule has 2 aliphatic rings. The predicted molar refractivity (Wildman–Crippen MR) is 103 cm³/mol. The maximum atomic E-state index is 2.43. The van der Waals surface area contributed by atoms with Crippen LogP contribution in [0.25, 0.3) is 0 Å². The molecule has 150 valence electrons. The Morgan fingerprint density at radius 1 is 0.577 bits per heavy atom. The lowest BCUT2D eigenvalue weighted by molar-refractivity contribution is -0.943. The highest BCUT2D eigenvalue weighted by molar-refractivity contribution is 5.21. The van der Waals surface area contributed by atoms with E-state index in [1.807, 2.05) is 0 Å². The van der Waals surface area contributed by atoms with Crippen LogP contribution in [0.2, 0.25) is 0 Å². The lowest BCUT2D eigenvalue weighted by Gasteiger charge is -2.41. The first-order valence-corrected chi connectivity index (χ1v) is 10.5. The van der Waals surface area contributed by atoms with Crippen LogP contribution in [-0.2, 0) is 13.1 Å². The highest BCUT2D eigenvalue weighted by Gasteiger charge is 2.29. The maximum absolute atomic E-state index is 2.43. The summed E-state index contributed by atoms with van der Waals surface area (Å²) in [5.74, 6) is 0. The van der Waals surface area contributed by atoms with Gasteiger partial charge in [-0.25, -0.2) is 0 Å². The minimum absolute atomic E-state index is 0. The van der Waals surface area contributed by atoms with Crippen LogP contribution in [0.1, 0.15) is 63.5 Å². The van der Waals surface area contributed by atoms with E-state index in [0.29, 0.717) is 0 Å². The first-order valence-electron chi connectivity index (χ1n) is 10.5. The fraction of sp³-hybridized carbons (Fsp3) is 0.727. The lowest BCUT2D eigenvalue weighted by atomic mass is 10.0. The van der Waals surface area contributed by atoms with Crippen molar-refractivity contribution in [1.82, 2.24) is 0 Å². The van der Waals surface area contributed by atoms with E-state index in [4.69, 9.17) is 0 Å². The van der Waals surface area contributed by atoms with Crippen LogP contribution in [0.5, 0.6) is 0 Å². The van der Waals surface area contributed by atoms with Crippen molar-refractivity contribution in [1.29, 1.82) is 0 Å². The zero-order valence-corrected chi connectivity index (χ0v) is 20.0. The van der Waals surface area contributed by atoms with Gasteiger partial charge in [0.1, 0.15) is 13.1 Å². The molecule has 0 N–H and O–H groups in total. The van der Waals surface area contributed by atoms with Crippen LogP contribution < -0.4 is 34.0 Å². The number of piperidine rings is 2. The molecule has 0 aliphatic carbocycles. The van der Waals surface area contributed by atoms with Gasteiger partial charge in [0.2, 0.25) is 0 Å². The van der Waals surface area contributed by atoms with Gasteiger partial charge in [-0.1, -0.05) is 24.3 Å². The SMILES string of the molecule is CC[N+]1(Cc2ccc(C[N+]3(CC)CCCCC3)cc2)CCCCC1.[Br-].[Br-]. The van der Waals surface area contributed by atoms with Crippen LogP contribution in [-0.4, -0.2) is 48.2 Å². The normalized spacial score (nSPS) is 21.3. The molecule has 1 aromatic rings. The minimum atomic E-state index is 0. The molecule has 26 heavy (non-hydrogen) atoms. The quantitative estimate of drug-likeness (QED) is 0.437. The Balaban J connectivity index is 0.00000169. The number of benzene rings is 1. The summed E-state index contributed by atoms with van der Waals surface area (Å²) in [5, 5.41) is 0. The summed E-state index contributed by atoms with van der Waals surface area (Å²) >= 11 is 0. The molecule has 1 aromatic carbocycles. The van der Waals surface area contributed by atoms with Gasteiger partial charge in [0.15, 0.2) is 0 Å². The Kier molecular flexibility index (Phi) is 10.4. The topological polar surface area (TPSA) is 0 Å². The molecule has 2 fully saturated rings. The molecule has 0 unspecified atom stereocenters. The van der Waals surface area contributed by atoms with Crippen LogP contribution in [0.3, 0.4) is 0 Å². The first kappa shape index (κ1) is 24.1. The summed E-state index contributed by atoms with van der Waals surface area (Å²) in [7, 11) is 0. The molecule has 2 aliphatic heterocycles. The number of halogens is 2. The third kappa shape index (κ3) is 6.05. The van der Waals surface area contributed by atoms with Gasteiger partial charge >= 0.3 is 0 Å². The minimum Gasteiger partial charge on any atom is -1.00 e. The Morgan fingerprint density at radius 3 is 1.15 bits per heavy atom. The third-order valence-corrected chi connectivity index (χ3v) is 6.93. The molecule has 0 aromatic heterocycles. The van der Waals surface area contributed by atoms with Gasteiger partial charge in [0, 0.05) is 11.1 Å².